The number of hydrogen-bond donors (Lipinski definition) is 0. The van der Waals surface area contributed by atoms with Gasteiger partial charge in [-0.25, -0.2) is 0 Å². The van der Waals surface area contributed by atoms with Gasteiger partial charge in [0.15, 0.2) is 0 Å². The molecule has 0 saturated carbocycles. The van der Waals surface area contributed by atoms with Crippen molar-refractivity contribution in [3.63, 3.8) is 0 Å². The summed E-state index contributed by atoms with van der Waals surface area (Å²) >= 11 is 0. The van der Waals surface area contributed by atoms with E-state index in [0.29, 0.717) is 18.7 Å². The first kappa shape index (κ1) is 17.5. The molecule has 1 atom stereocenters. The Kier molecular flexibility index (Phi) is 4.31. The molecule has 0 N–H and O–H groups in total. The van der Waals surface area contributed by atoms with E-state index in [9.17, 15) is 9.59 Å². The third kappa shape index (κ3) is 3.01. The van der Waals surface area contributed by atoms with Crippen molar-refractivity contribution in [3.05, 3.63) is 69.1 Å². The maximum absolute atomic E-state index is 13.1. The Balaban J connectivity index is 1.96. The minimum absolute atomic E-state index is 0.0269. The molecule has 132 valence electrons. The number of aromatic nitrogens is 1. The number of carbonyl (C=O) groups is 1. The van der Waals surface area contributed by atoms with Crippen molar-refractivity contribution in [3.8, 4) is 0 Å². The number of aryl methyl sites for hydroxylation is 2. The SMILES string of the molecule is Cc1cc(C)n(C)c(=O)c1C(=O)N1CC(c2ccccc2)C(C)(C)C1. The summed E-state index contributed by atoms with van der Waals surface area (Å²) in [6.07, 6.45) is 0. The van der Waals surface area contributed by atoms with Crippen LogP contribution >= 0.6 is 0 Å². The van der Waals surface area contributed by atoms with Crippen molar-refractivity contribution in [1.29, 1.82) is 0 Å². The standard InChI is InChI=1S/C21H26N2O2/c1-14-11-15(2)22(5)19(24)18(14)20(25)23-12-17(21(3,4)13-23)16-9-7-6-8-10-16/h6-11,17H,12-13H2,1-5H3. The van der Waals surface area contributed by atoms with Crippen LogP contribution in [0.2, 0.25) is 0 Å². The fourth-order valence-corrected chi connectivity index (χ4v) is 3.93. The monoisotopic (exact) mass is 338 g/mol. The molecule has 0 radical (unpaired) electrons. The van der Waals surface area contributed by atoms with Crippen LogP contribution in [0, 0.1) is 19.3 Å². The zero-order chi connectivity index (χ0) is 18.4. The van der Waals surface area contributed by atoms with E-state index in [1.165, 1.54) is 5.56 Å². The molecular weight excluding hydrogens is 312 g/mol. The van der Waals surface area contributed by atoms with Crippen LogP contribution in [0.3, 0.4) is 0 Å². The average molecular weight is 338 g/mol. The zero-order valence-corrected chi connectivity index (χ0v) is 15.7. The summed E-state index contributed by atoms with van der Waals surface area (Å²) in [7, 11) is 1.72. The third-order valence-corrected chi connectivity index (χ3v) is 5.51. The maximum Gasteiger partial charge on any atom is 0.263 e. The summed E-state index contributed by atoms with van der Waals surface area (Å²) in [6.45, 7) is 9.41. The second-order valence-corrected chi connectivity index (χ2v) is 7.85. The number of rotatable bonds is 2. The quantitative estimate of drug-likeness (QED) is 0.843. The molecule has 1 aromatic carbocycles. The average Bonchev–Trinajstić information content (AvgIpc) is 2.89. The molecule has 25 heavy (non-hydrogen) atoms. The molecule has 2 heterocycles. The molecule has 0 bridgehead atoms. The molecular formula is C21H26N2O2. The maximum atomic E-state index is 13.1. The fraction of sp³-hybridized carbons (Fsp3) is 0.429. The van der Waals surface area contributed by atoms with E-state index in [-0.39, 0.29) is 22.8 Å². The van der Waals surface area contributed by atoms with Crippen molar-refractivity contribution in [2.24, 2.45) is 12.5 Å². The van der Waals surface area contributed by atoms with Gasteiger partial charge in [-0.05, 0) is 36.5 Å². The summed E-state index contributed by atoms with van der Waals surface area (Å²) in [5.41, 5.74) is 2.94. The van der Waals surface area contributed by atoms with Gasteiger partial charge in [0.1, 0.15) is 5.56 Å². The number of pyridine rings is 1. The minimum atomic E-state index is -0.205. The molecule has 4 heteroatoms. The Hall–Kier alpha value is -2.36. The number of hydrogen-bond acceptors (Lipinski definition) is 2. The molecule has 1 aliphatic rings. The summed E-state index contributed by atoms with van der Waals surface area (Å²) in [5, 5.41) is 0. The minimum Gasteiger partial charge on any atom is -0.337 e. The van der Waals surface area contributed by atoms with Crippen molar-refractivity contribution in [2.45, 2.75) is 33.6 Å². The van der Waals surface area contributed by atoms with Gasteiger partial charge in [0, 0.05) is 31.7 Å². The predicted octanol–water partition coefficient (Wildman–Crippen LogP) is 3.27. The first-order valence-electron chi connectivity index (χ1n) is 8.74. The molecule has 4 nitrogen and oxygen atoms in total. The molecule has 1 amide bonds. The van der Waals surface area contributed by atoms with Crippen LogP contribution in [0.5, 0.6) is 0 Å². The number of likely N-dealkylation sites (tertiary alicyclic amines) is 1. The lowest BCUT2D eigenvalue weighted by Gasteiger charge is -2.25. The number of benzene rings is 1. The second-order valence-electron chi connectivity index (χ2n) is 7.85. The second kappa shape index (κ2) is 6.17. The van der Waals surface area contributed by atoms with Crippen LogP contribution in [-0.4, -0.2) is 28.5 Å². The van der Waals surface area contributed by atoms with Crippen LogP contribution in [0.1, 0.15) is 46.9 Å². The molecule has 2 aromatic rings. The number of carbonyl (C=O) groups excluding carboxylic acids is 1. The topological polar surface area (TPSA) is 42.3 Å². The van der Waals surface area contributed by atoms with E-state index in [2.05, 4.69) is 26.0 Å². The molecule has 0 spiro atoms. The summed E-state index contributed by atoms with van der Waals surface area (Å²) in [4.78, 5) is 27.6. The smallest absolute Gasteiger partial charge is 0.263 e. The third-order valence-electron chi connectivity index (χ3n) is 5.51. The van der Waals surface area contributed by atoms with E-state index >= 15 is 0 Å². The highest BCUT2D eigenvalue weighted by Gasteiger charge is 2.42. The predicted molar refractivity (Wildman–Crippen MR) is 100 cm³/mol. The van der Waals surface area contributed by atoms with E-state index in [1.807, 2.05) is 43.0 Å². The van der Waals surface area contributed by atoms with Gasteiger partial charge in [0.25, 0.3) is 11.5 Å². The largest absolute Gasteiger partial charge is 0.337 e. The van der Waals surface area contributed by atoms with Gasteiger partial charge in [-0.1, -0.05) is 44.2 Å². The molecule has 1 aromatic heterocycles. The van der Waals surface area contributed by atoms with E-state index in [4.69, 9.17) is 0 Å². The highest BCUT2D eigenvalue weighted by Crippen LogP contribution is 2.42. The first-order valence-corrected chi connectivity index (χ1v) is 8.74. The number of nitrogens with zero attached hydrogens (tertiary/aromatic N) is 2. The Bertz CT molecular complexity index is 865. The van der Waals surface area contributed by atoms with Crippen LogP contribution < -0.4 is 5.56 Å². The van der Waals surface area contributed by atoms with Crippen molar-refractivity contribution in [1.82, 2.24) is 9.47 Å². The summed E-state index contributed by atoms with van der Waals surface area (Å²) in [5.74, 6) is 0.122. The van der Waals surface area contributed by atoms with Crippen LogP contribution in [0.4, 0.5) is 0 Å². The Morgan fingerprint density at radius 1 is 1.16 bits per heavy atom. The fourth-order valence-electron chi connectivity index (χ4n) is 3.93. The van der Waals surface area contributed by atoms with Crippen LogP contribution in [0.25, 0.3) is 0 Å². The van der Waals surface area contributed by atoms with Crippen molar-refractivity contribution in [2.75, 3.05) is 13.1 Å². The molecule has 1 saturated heterocycles. The van der Waals surface area contributed by atoms with Crippen molar-refractivity contribution < 1.29 is 4.79 Å². The van der Waals surface area contributed by atoms with Gasteiger partial charge in [-0.15, -0.1) is 0 Å². The number of amides is 1. The molecule has 1 unspecified atom stereocenters. The lowest BCUT2D eigenvalue weighted by atomic mass is 9.78. The summed E-state index contributed by atoms with van der Waals surface area (Å²) in [6, 6.07) is 12.2. The molecule has 0 aliphatic carbocycles. The Morgan fingerprint density at radius 3 is 2.44 bits per heavy atom. The van der Waals surface area contributed by atoms with Gasteiger partial charge in [-0.3, -0.25) is 9.59 Å². The highest BCUT2D eigenvalue weighted by atomic mass is 16.2. The molecule has 1 fully saturated rings. The van der Waals surface area contributed by atoms with E-state index in [1.54, 1.807) is 11.6 Å². The zero-order valence-electron chi connectivity index (χ0n) is 15.7. The van der Waals surface area contributed by atoms with Gasteiger partial charge in [-0.2, -0.15) is 0 Å². The van der Waals surface area contributed by atoms with Crippen LogP contribution in [-0.2, 0) is 7.05 Å². The summed E-state index contributed by atoms with van der Waals surface area (Å²) < 4.78 is 1.55. The molecule has 3 rings (SSSR count). The Labute approximate surface area is 149 Å². The van der Waals surface area contributed by atoms with Gasteiger partial charge in [0.05, 0.1) is 0 Å². The highest BCUT2D eigenvalue weighted by molar-refractivity contribution is 5.95. The molecule has 1 aliphatic heterocycles. The van der Waals surface area contributed by atoms with Crippen molar-refractivity contribution >= 4 is 5.91 Å². The van der Waals surface area contributed by atoms with Gasteiger partial charge < -0.3 is 9.47 Å². The van der Waals surface area contributed by atoms with Crippen LogP contribution in [0.15, 0.2) is 41.2 Å². The lowest BCUT2D eigenvalue weighted by molar-refractivity contribution is 0.0775. The van der Waals surface area contributed by atoms with Gasteiger partial charge in [0.2, 0.25) is 0 Å². The van der Waals surface area contributed by atoms with Gasteiger partial charge >= 0.3 is 0 Å². The Morgan fingerprint density at radius 2 is 1.80 bits per heavy atom. The van der Waals surface area contributed by atoms with E-state index < -0.39 is 0 Å². The first-order chi connectivity index (χ1) is 11.7. The van der Waals surface area contributed by atoms with E-state index in [0.717, 1.165) is 11.3 Å². The lowest BCUT2D eigenvalue weighted by Crippen LogP contribution is -2.37. The normalized spacial score (nSPS) is 19.2.